The number of aromatic amines is 1. The molecular formula is C26H27N3O3S. The van der Waals surface area contributed by atoms with Crippen LogP contribution in [-0.2, 0) is 33.8 Å². The van der Waals surface area contributed by atoms with Crippen LogP contribution in [0, 0.1) is 13.8 Å². The number of carbonyl (C=O) groups is 2. The average Bonchev–Trinajstić information content (AvgIpc) is 3.42. The summed E-state index contributed by atoms with van der Waals surface area (Å²) in [6, 6.07) is 14.1. The lowest BCUT2D eigenvalue weighted by atomic mass is 10.1. The fourth-order valence-electron chi connectivity index (χ4n) is 3.69. The number of benzene rings is 2. The van der Waals surface area contributed by atoms with E-state index in [2.05, 4.69) is 21.4 Å². The number of H-pyrrole nitrogens is 1. The second kappa shape index (κ2) is 10.4. The predicted octanol–water partition coefficient (Wildman–Crippen LogP) is 5.49. The Balaban J connectivity index is 1.20. The Bertz CT molecular complexity index is 1270. The van der Waals surface area contributed by atoms with Gasteiger partial charge in [0.05, 0.1) is 12.1 Å². The van der Waals surface area contributed by atoms with Gasteiger partial charge in [0.25, 0.3) is 0 Å². The van der Waals surface area contributed by atoms with E-state index in [-0.39, 0.29) is 24.9 Å². The summed E-state index contributed by atoms with van der Waals surface area (Å²) >= 11 is 1.40. The number of amides is 1. The number of aromatic nitrogens is 2. The van der Waals surface area contributed by atoms with Crippen molar-refractivity contribution in [2.75, 3.05) is 5.32 Å². The largest absolute Gasteiger partial charge is 0.459 e. The summed E-state index contributed by atoms with van der Waals surface area (Å²) in [4.78, 5) is 32.2. The number of esters is 1. The molecule has 2 aromatic heterocycles. The molecule has 1 amide bonds. The molecule has 7 heteroatoms. The van der Waals surface area contributed by atoms with Gasteiger partial charge in [0.2, 0.25) is 5.91 Å². The van der Waals surface area contributed by atoms with Crippen LogP contribution < -0.4 is 5.32 Å². The number of thiazole rings is 1. The summed E-state index contributed by atoms with van der Waals surface area (Å²) in [5.74, 6) is -0.351. The van der Waals surface area contributed by atoms with Crippen LogP contribution in [0.4, 0.5) is 5.69 Å². The molecule has 0 aliphatic carbocycles. The Morgan fingerprint density at radius 3 is 2.88 bits per heavy atom. The molecule has 0 aliphatic rings. The maximum atomic E-state index is 12.4. The van der Waals surface area contributed by atoms with E-state index in [9.17, 15) is 9.59 Å². The lowest BCUT2D eigenvalue weighted by Crippen LogP contribution is -2.15. The van der Waals surface area contributed by atoms with Crippen molar-refractivity contribution in [2.45, 2.75) is 46.1 Å². The molecule has 33 heavy (non-hydrogen) atoms. The first-order chi connectivity index (χ1) is 16.0. The first-order valence-electron chi connectivity index (χ1n) is 11.0. The molecule has 0 atom stereocenters. The summed E-state index contributed by atoms with van der Waals surface area (Å²) in [5.41, 5.74) is 5.91. The topological polar surface area (TPSA) is 84.1 Å². The van der Waals surface area contributed by atoms with Crippen LogP contribution in [0.2, 0.25) is 0 Å². The molecule has 4 rings (SSSR count). The Morgan fingerprint density at radius 2 is 2.00 bits per heavy atom. The predicted molar refractivity (Wildman–Crippen MR) is 131 cm³/mol. The van der Waals surface area contributed by atoms with Gasteiger partial charge >= 0.3 is 5.97 Å². The molecule has 6 nitrogen and oxygen atoms in total. The van der Waals surface area contributed by atoms with E-state index in [1.165, 1.54) is 22.3 Å². The highest BCUT2D eigenvalue weighted by atomic mass is 32.1. The third-order valence-corrected chi connectivity index (χ3v) is 6.36. The quantitative estimate of drug-likeness (QED) is 0.323. The highest BCUT2D eigenvalue weighted by molar-refractivity contribution is 7.09. The van der Waals surface area contributed by atoms with Crippen molar-refractivity contribution in [3.63, 3.8) is 0 Å². The third kappa shape index (κ3) is 6.08. The molecule has 0 saturated heterocycles. The molecule has 0 saturated carbocycles. The Kier molecular flexibility index (Phi) is 7.19. The fourth-order valence-corrected chi connectivity index (χ4v) is 4.46. The SMILES string of the molecule is Cc1ccc(C)c(NC(=O)Cc2nc(COC(=O)CCCc3c[nH]c4ccccc34)cs2)c1. The van der Waals surface area contributed by atoms with Gasteiger partial charge in [-0.1, -0.05) is 30.3 Å². The van der Waals surface area contributed by atoms with Crippen molar-refractivity contribution in [3.8, 4) is 0 Å². The van der Waals surface area contributed by atoms with E-state index in [4.69, 9.17) is 4.74 Å². The summed E-state index contributed by atoms with van der Waals surface area (Å²) in [7, 11) is 0. The third-order valence-electron chi connectivity index (χ3n) is 5.46. The molecular weight excluding hydrogens is 434 g/mol. The van der Waals surface area contributed by atoms with Gasteiger partial charge < -0.3 is 15.0 Å². The van der Waals surface area contributed by atoms with Gasteiger partial charge in [-0.2, -0.15) is 0 Å². The van der Waals surface area contributed by atoms with E-state index in [1.807, 2.05) is 61.8 Å². The maximum Gasteiger partial charge on any atom is 0.306 e. The lowest BCUT2D eigenvalue weighted by molar-refractivity contribution is -0.145. The van der Waals surface area contributed by atoms with Crippen molar-refractivity contribution in [3.05, 3.63) is 81.4 Å². The molecule has 0 spiro atoms. The first-order valence-corrected chi connectivity index (χ1v) is 11.9. The van der Waals surface area contributed by atoms with E-state index in [1.54, 1.807) is 0 Å². The summed E-state index contributed by atoms with van der Waals surface area (Å²) < 4.78 is 5.37. The Labute approximate surface area is 197 Å². The van der Waals surface area contributed by atoms with Crippen LogP contribution in [0.15, 0.2) is 54.0 Å². The summed E-state index contributed by atoms with van der Waals surface area (Å²) in [6.45, 7) is 4.08. The lowest BCUT2D eigenvalue weighted by Gasteiger charge is -2.08. The van der Waals surface area contributed by atoms with Gasteiger partial charge in [-0.05, 0) is 55.5 Å². The number of hydrogen-bond donors (Lipinski definition) is 2. The molecule has 4 aromatic rings. The zero-order valence-electron chi connectivity index (χ0n) is 18.8. The standard InChI is InChI=1S/C26H27N3O3S/c1-17-10-11-18(2)23(12-17)29-24(30)13-25-28-20(16-33-25)15-32-26(31)9-5-6-19-14-27-22-8-4-3-7-21(19)22/h3-4,7-8,10-12,14,16,27H,5-6,9,13,15H2,1-2H3,(H,29,30). The second-order valence-electron chi connectivity index (χ2n) is 8.15. The molecule has 0 radical (unpaired) electrons. The maximum absolute atomic E-state index is 12.4. The summed E-state index contributed by atoms with van der Waals surface area (Å²) in [5, 5.41) is 6.67. The molecule has 2 heterocycles. The second-order valence-corrected chi connectivity index (χ2v) is 9.09. The van der Waals surface area contributed by atoms with Gasteiger partial charge in [0, 0.05) is 34.6 Å². The van der Waals surface area contributed by atoms with Crippen molar-refractivity contribution in [1.29, 1.82) is 0 Å². The molecule has 170 valence electrons. The molecule has 0 unspecified atom stereocenters. The van der Waals surface area contributed by atoms with E-state index < -0.39 is 0 Å². The van der Waals surface area contributed by atoms with Crippen LogP contribution in [0.1, 0.15) is 40.2 Å². The van der Waals surface area contributed by atoms with Crippen molar-refractivity contribution in [2.24, 2.45) is 0 Å². The number of fused-ring (bicyclic) bond motifs is 1. The molecule has 2 N–H and O–H groups in total. The average molecular weight is 462 g/mol. The van der Waals surface area contributed by atoms with Crippen molar-refractivity contribution >= 4 is 39.8 Å². The van der Waals surface area contributed by atoms with Gasteiger partial charge in [-0.15, -0.1) is 11.3 Å². The Hall–Kier alpha value is -3.45. The van der Waals surface area contributed by atoms with Crippen LogP contribution in [0.5, 0.6) is 0 Å². The number of aryl methyl sites for hydroxylation is 3. The molecule has 0 aliphatic heterocycles. The number of anilines is 1. The minimum absolute atomic E-state index is 0.112. The van der Waals surface area contributed by atoms with Gasteiger partial charge in [0.1, 0.15) is 11.6 Å². The smallest absolute Gasteiger partial charge is 0.306 e. The summed E-state index contributed by atoms with van der Waals surface area (Å²) in [6.07, 6.45) is 4.09. The number of ether oxygens (including phenoxy) is 1. The molecule has 0 bridgehead atoms. The molecule has 2 aromatic carbocycles. The van der Waals surface area contributed by atoms with E-state index >= 15 is 0 Å². The van der Waals surface area contributed by atoms with Gasteiger partial charge in [0.15, 0.2) is 0 Å². The van der Waals surface area contributed by atoms with Gasteiger partial charge in [-0.3, -0.25) is 9.59 Å². The number of carbonyl (C=O) groups excluding carboxylic acids is 2. The highest BCUT2D eigenvalue weighted by Crippen LogP contribution is 2.20. The van der Waals surface area contributed by atoms with Crippen molar-refractivity contribution in [1.82, 2.24) is 9.97 Å². The van der Waals surface area contributed by atoms with Crippen LogP contribution in [-0.4, -0.2) is 21.8 Å². The number of para-hydroxylation sites is 1. The fraction of sp³-hybridized carbons (Fsp3) is 0.269. The Morgan fingerprint density at radius 1 is 1.15 bits per heavy atom. The van der Waals surface area contributed by atoms with Crippen LogP contribution in [0.25, 0.3) is 10.9 Å². The number of nitrogens with one attached hydrogen (secondary N) is 2. The minimum Gasteiger partial charge on any atom is -0.459 e. The highest BCUT2D eigenvalue weighted by Gasteiger charge is 2.12. The van der Waals surface area contributed by atoms with Crippen LogP contribution >= 0.6 is 11.3 Å². The monoisotopic (exact) mass is 461 g/mol. The van der Waals surface area contributed by atoms with E-state index in [0.717, 1.165) is 35.2 Å². The normalized spacial score (nSPS) is 11.0. The molecule has 0 fully saturated rings. The van der Waals surface area contributed by atoms with Crippen molar-refractivity contribution < 1.29 is 14.3 Å². The number of rotatable bonds is 9. The van der Waals surface area contributed by atoms with Crippen LogP contribution in [0.3, 0.4) is 0 Å². The van der Waals surface area contributed by atoms with E-state index in [0.29, 0.717) is 17.1 Å². The van der Waals surface area contributed by atoms with Gasteiger partial charge in [-0.25, -0.2) is 4.98 Å². The number of hydrogen-bond acceptors (Lipinski definition) is 5. The zero-order chi connectivity index (χ0) is 23.2. The first kappa shape index (κ1) is 22.7. The zero-order valence-corrected chi connectivity index (χ0v) is 19.6. The minimum atomic E-state index is -0.239. The number of nitrogens with zero attached hydrogens (tertiary/aromatic N) is 1.